The number of carbonyl (C=O) groups excluding carboxylic acids is 1. The fourth-order valence-corrected chi connectivity index (χ4v) is 4.60. The standard InChI is InChI=1S/C19H23F3N2O4S/c20-19(21,22)28-16-3-5-17(6-4-16)29(26,27)24-11-8-15(9-12-24)13-18(25)23-10-7-14-1-2-14/h3-6,13-14H,1-2,7-12H2,(H,23,25). The zero-order chi connectivity index (χ0) is 21.1. The minimum absolute atomic E-state index is 0.0997. The minimum atomic E-state index is -4.83. The Labute approximate surface area is 167 Å². The van der Waals surface area contributed by atoms with Crippen LogP contribution >= 0.6 is 0 Å². The van der Waals surface area contributed by atoms with Crippen molar-refractivity contribution < 1.29 is 31.1 Å². The van der Waals surface area contributed by atoms with Crippen molar-refractivity contribution in [3.05, 3.63) is 35.9 Å². The molecule has 160 valence electrons. The number of nitrogens with zero attached hydrogens (tertiary/aromatic N) is 1. The number of amides is 1. The summed E-state index contributed by atoms with van der Waals surface area (Å²) >= 11 is 0. The van der Waals surface area contributed by atoms with Crippen LogP contribution in [0.15, 0.2) is 40.8 Å². The Morgan fingerprint density at radius 3 is 2.34 bits per heavy atom. The van der Waals surface area contributed by atoms with Gasteiger partial charge in [0.2, 0.25) is 15.9 Å². The molecule has 0 aromatic heterocycles. The first-order valence-corrected chi connectivity index (χ1v) is 10.9. The van der Waals surface area contributed by atoms with Crippen molar-refractivity contribution in [1.29, 1.82) is 0 Å². The molecule has 6 nitrogen and oxygen atoms in total. The fourth-order valence-electron chi connectivity index (χ4n) is 3.16. The lowest BCUT2D eigenvalue weighted by Gasteiger charge is -2.27. The Morgan fingerprint density at radius 2 is 1.79 bits per heavy atom. The summed E-state index contributed by atoms with van der Waals surface area (Å²) in [6, 6.07) is 4.13. The molecular formula is C19H23F3N2O4S. The van der Waals surface area contributed by atoms with Crippen molar-refractivity contribution in [3.8, 4) is 5.75 Å². The van der Waals surface area contributed by atoms with Gasteiger partial charge in [0.25, 0.3) is 0 Å². The van der Waals surface area contributed by atoms with E-state index >= 15 is 0 Å². The number of piperidine rings is 1. The molecule has 1 aliphatic carbocycles. The summed E-state index contributed by atoms with van der Waals surface area (Å²) in [6.07, 6.45) is 1.04. The van der Waals surface area contributed by atoms with Crippen molar-refractivity contribution >= 4 is 15.9 Å². The van der Waals surface area contributed by atoms with Crippen LogP contribution in [0.25, 0.3) is 0 Å². The first-order chi connectivity index (χ1) is 13.6. The number of halogens is 3. The molecule has 3 rings (SSSR count). The molecule has 10 heteroatoms. The zero-order valence-corrected chi connectivity index (χ0v) is 16.6. The van der Waals surface area contributed by atoms with E-state index in [1.807, 2.05) is 0 Å². The summed E-state index contributed by atoms with van der Waals surface area (Å²) in [7, 11) is -3.82. The molecule has 2 aliphatic rings. The highest BCUT2D eigenvalue weighted by Crippen LogP contribution is 2.31. The van der Waals surface area contributed by atoms with E-state index in [0.717, 1.165) is 42.2 Å². The van der Waals surface area contributed by atoms with Crippen LogP contribution in [-0.2, 0) is 14.8 Å². The first kappa shape index (κ1) is 21.6. The molecule has 29 heavy (non-hydrogen) atoms. The number of hydrogen-bond acceptors (Lipinski definition) is 4. The van der Waals surface area contributed by atoms with E-state index in [9.17, 15) is 26.4 Å². The summed E-state index contributed by atoms with van der Waals surface area (Å²) in [4.78, 5) is 11.8. The van der Waals surface area contributed by atoms with Gasteiger partial charge < -0.3 is 10.1 Å². The highest BCUT2D eigenvalue weighted by Gasteiger charge is 2.32. The number of hydrogen-bond donors (Lipinski definition) is 1. The van der Waals surface area contributed by atoms with Gasteiger partial charge in [0, 0.05) is 25.7 Å². The SMILES string of the molecule is O=C(C=C1CCN(S(=O)(=O)c2ccc(OC(F)(F)F)cc2)CC1)NCCC1CC1. The summed E-state index contributed by atoms with van der Waals surface area (Å²) < 4.78 is 67.1. The molecule has 0 unspecified atom stereocenters. The smallest absolute Gasteiger partial charge is 0.406 e. The lowest BCUT2D eigenvalue weighted by Crippen LogP contribution is -2.36. The number of alkyl halides is 3. The number of sulfonamides is 1. The van der Waals surface area contributed by atoms with Crippen LogP contribution in [0.4, 0.5) is 13.2 Å². The number of benzene rings is 1. The van der Waals surface area contributed by atoms with Gasteiger partial charge in [0.05, 0.1) is 4.90 Å². The van der Waals surface area contributed by atoms with E-state index in [1.54, 1.807) is 6.08 Å². The van der Waals surface area contributed by atoms with Crippen molar-refractivity contribution in [2.75, 3.05) is 19.6 Å². The van der Waals surface area contributed by atoms with E-state index in [4.69, 9.17) is 0 Å². The summed E-state index contributed by atoms with van der Waals surface area (Å²) in [6.45, 7) is 1.08. The van der Waals surface area contributed by atoms with Crippen LogP contribution in [0.5, 0.6) is 5.75 Å². The topological polar surface area (TPSA) is 75.7 Å². The number of rotatable bonds is 7. The molecule has 0 spiro atoms. The van der Waals surface area contributed by atoms with E-state index in [2.05, 4.69) is 10.1 Å². The average Bonchev–Trinajstić information content (AvgIpc) is 3.45. The molecule has 0 radical (unpaired) electrons. The Bertz CT molecular complexity index is 852. The number of ether oxygens (including phenoxy) is 1. The molecule has 1 heterocycles. The van der Waals surface area contributed by atoms with Gasteiger partial charge in [-0.1, -0.05) is 18.4 Å². The van der Waals surface area contributed by atoms with Gasteiger partial charge in [-0.3, -0.25) is 4.79 Å². The molecule has 1 aromatic carbocycles. The monoisotopic (exact) mass is 432 g/mol. The lowest BCUT2D eigenvalue weighted by molar-refractivity contribution is -0.274. The van der Waals surface area contributed by atoms with Gasteiger partial charge in [-0.2, -0.15) is 4.31 Å². The molecule has 1 amide bonds. The molecular weight excluding hydrogens is 409 g/mol. The zero-order valence-electron chi connectivity index (χ0n) is 15.7. The van der Waals surface area contributed by atoms with E-state index in [1.165, 1.54) is 17.1 Å². The summed E-state index contributed by atoms with van der Waals surface area (Å²) in [5, 5.41) is 2.85. The maximum atomic E-state index is 12.7. The van der Waals surface area contributed by atoms with Crippen molar-refractivity contribution in [3.63, 3.8) is 0 Å². The molecule has 1 saturated carbocycles. The van der Waals surface area contributed by atoms with Crippen molar-refractivity contribution in [2.45, 2.75) is 43.4 Å². The maximum absolute atomic E-state index is 12.7. The molecule has 0 atom stereocenters. The number of nitrogens with one attached hydrogen (secondary N) is 1. The highest BCUT2D eigenvalue weighted by molar-refractivity contribution is 7.89. The van der Waals surface area contributed by atoms with Crippen LogP contribution in [-0.4, -0.2) is 44.6 Å². The Hall–Kier alpha value is -2.07. The molecule has 2 fully saturated rings. The normalized spacial score (nSPS) is 18.4. The molecule has 1 aromatic rings. The summed E-state index contributed by atoms with van der Waals surface area (Å²) in [5.74, 6) is 0.107. The highest BCUT2D eigenvalue weighted by atomic mass is 32.2. The van der Waals surface area contributed by atoms with Gasteiger partial charge in [0.15, 0.2) is 0 Å². The largest absolute Gasteiger partial charge is 0.573 e. The average molecular weight is 432 g/mol. The Morgan fingerprint density at radius 1 is 1.17 bits per heavy atom. The number of carbonyl (C=O) groups is 1. The van der Waals surface area contributed by atoms with Crippen molar-refractivity contribution in [1.82, 2.24) is 9.62 Å². The van der Waals surface area contributed by atoms with Gasteiger partial charge >= 0.3 is 6.36 Å². The molecule has 1 N–H and O–H groups in total. The Balaban J connectivity index is 1.53. The van der Waals surface area contributed by atoms with Crippen molar-refractivity contribution in [2.24, 2.45) is 5.92 Å². The predicted molar refractivity (Wildman–Crippen MR) is 99.6 cm³/mol. The van der Waals surface area contributed by atoms with Crippen LogP contribution in [0.3, 0.4) is 0 Å². The van der Waals surface area contributed by atoms with Crippen LogP contribution < -0.4 is 10.1 Å². The van der Waals surface area contributed by atoms with E-state index in [0.29, 0.717) is 19.4 Å². The van der Waals surface area contributed by atoms with E-state index in [-0.39, 0.29) is 23.9 Å². The van der Waals surface area contributed by atoms with Gasteiger partial charge in [-0.05, 0) is 49.4 Å². The van der Waals surface area contributed by atoms with Crippen LogP contribution in [0.1, 0.15) is 32.1 Å². The molecule has 1 aliphatic heterocycles. The second-order valence-corrected chi connectivity index (χ2v) is 9.19. The quantitative estimate of drug-likeness (QED) is 0.672. The molecule has 0 bridgehead atoms. The third kappa shape index (κ3) is 6.46. The fraction of sp³-hybridized carbons (Fsp3) is 0.526. The summed E-state index contributed by atoms with van der Waals surface area (Å²) in [5.41, 5.74) is 0.884. The van der Waals surface area contributed by atoms with Gasteiger partial charge in [0.1, 0.15) is 5.75 Å². The van der Waals surface area contributed by atoms with Gasteiger partial charge in [-0.25, -0.2) is 8.42 Å². The second kappa shape index (κ2) is 8.74. The van der Waals surface area contributed by atoms with Gasteiger partial charge in [-0.15, -0.1) is 13.2 Å². The third-order valence-corrected chi connectivity index (χ3v) is 6.86. The second-order valence-electron chi connectivity index (χ2n) is 7.25. The predicted octanol–water partition coefficient (Wildman–Crippen LogP) is 3.21. The minimum Gasteiger partial charge on any atom is -0.406 e. The Kier molecular flexibility index (Phi) is 6.52. The third-order valence-electron chi connectivity index (χ3n) is 4.94. The lowest BCUT2D eigenvalue weighted by atomic mass is 10.1. The van der Waals surface area contributed by atoms with E-state index < -0.39 is 22.1 Å². The molecule has 1 saturated heterocycles. The van der Waals surface area contributed by atoms with Crippen LogP contribution in [0, 0.1) is 5.92 Å². The first-order valence-electron chi connectivity index (χ1n) is 9.47. The maximum Gasteiger partial charge on any atom is 0.573 e. The van der Waals surface area contributed by atoms with Crippen LogP contribution in [0.2, 0.25) is 0 Å².